The number of carbonyl (C=O) groups is 3. The molecule has 0 unspecified atom stereocenters. The summed E-state index contributed by atoms with van der Waals surface area (Å²) in [4.78, 5) is 45.3. The fraction of sp³-hybridized carbons (Fsp3) is 0.316. The lowest BCUT2D eigenvalue weighted by molar-refractivity contribution is -0.128. The van der Waals surface area contributed by atoms with Gasteiger partial charge in [-0.1, -0.05) is 6.07 Å². The van der Waals surface area contributed by atoms with Crippen molar-refractivity contribution < 1.29 is 14.4 Å². The molecule has 1 fully saturated rings. The molecular weight excluding hydrogens is 374 g/mol. The van der Waals surface area contributed by atoms with E-state index in [0.29, 0.717) is 11.4 Å². The molecule has 0 aliphatic carbocycles. The first-order valence-electron chi connectivity index (χ1n) is 9.25. The Morgan fingerprint density at radius 1 is 1.17 bits per heavy atom. The molecule has 0 spiro atoms. The van der Waals surface area contributed by atoms with Crippen LogP contribution in [0.2, 0.25) is 0 Å². The number of anilines is 4. The number of primary amides is 1. The molecule has 29 heavy (non-hydrogen) atoms. The van der Waals surface area contributed by atoms with E-state index in [1.807, 2.05) is 0 Å². The van der Waals surface area contributed by atoms with Crippen LogP contribution in [0.15, 0.2) is 30.5 Å². The van der Waals surface area contributed by atoms with Gasteiger partial charge in [0.25, 0.3) is 5.91 Å². The molecule has 0 radical (unpaired) electrons. The van der Waals surface area contributed by atoms with E-state index in [1.54, 1.807) is 29.2 Å². The van der Waals surface area contributed by atoms with Gasteiger partial charge in [0, 0.05) is 37.6 Å². The molecule has 0 bridgehead atoms. The minimum Gasteiger partial charge on any atom is -0.365 e. The molecule has 5 N–H and O–H groups in total. The molecule has 10 nitrogen and oxygen atoms in total. The lowest BCUT2D eigenvalue weighted by atomic mass is 10.2. The Hall–Kier alpha value is -3.69. The van der Waals surface area contributed by atoms with Gasteiger partial charge in [-0.05, 0) is 31.0 Å². The molecule has 2 aromatic rings. The molecule has 1 saturated heterocycles. The summed E-state index contributed by atoms with van der Waals surface area (Å²) in [6.07, 6.45) is 3.30. The number of benzene rings is 1. The Balaban J connectivity index is 1.74. The molecule has 1 aromatic heterocycles. The van der Waals surface area contributed by atoms with Crippen molar-refractivity contribution in [2.24, 2.45) is 5.73 Å². The van der Waals surface area contributed by atoms with Crippen LogP contribution in [0.25, 0.3) is 0 Å². The molecule has 152 valence electrons. The Bertz CT molecular complexity index is 926. The molecule has 2 heterocycles. The third-order valence-corrected chi connectivity index (χ3v) is 4.36. The van der Waals surface area contributed by atoms with Crippen LogP contribution >= 0.6 is 0 Å². The first kappa shape index (κ1) is 20.1. The minimum atomic E-state index is -0.694. The maximum Gasteiger partial charge on any atom is 0.254 e. The van der Waals surface area contributed by atoms with Gasteiger partial charge in [0.1, 0.15) is 5.82 Å². The van der Waals surface area contributed by atoms with Crippen LogP contribution in [0.5, 0.6) is 0 Å². The minimum absolute atomic E-state index is 0.00868. The second-order valence-corrected chi connectivity index (χ2v) is 6.65. The summed E-state index contributed by atoms with van der Waals surface area (Å²) in [6.45, 7) is 2.91. The standard InChI is InChI=1S/C19H23N7O3/c1-12(27)23-13-5-4-6-14(9-13)24-19-22-10-15(17(20)29)18(25-19)21-11-16(28)26-7-2-3-8-26/h4-6,9-10H,2-3,7-8,11H2,1H3,(H2,20,29)(H,23,27)(H2,21,22,24,25). The van der Waals surface area contributed by atoms with Gasteiger partial charge in [-0.25, -0.2) is 4.98 Å². The van der Waals surface area contributed by atoms with Gasteiger partial charge in [-0.3, -0.25) is 14.4 Å². The first-order chi connectivity index (χ1) is 13.9. The van der Waals surface area contributed by atoms with E-state index in [1.165, 1.54) is 13.1 Å². The van der Waals surface area contributed by atoms with Gasteiger partial charge in [0.05, 0.1) is 12.1 Å². The normalized spacial score (nSPS) is 13.1. The number of nitrogens with zero attached hydrogens (tertiary/aromatic N) is 3. The van der Waals surface area contributed by atoms with Gasteiger partial charge in [-0.2, -0.15) is 4.98 Å². The van der Waals surface area contributed by atoms with E-state index in [0.717, 1.165) is 25.9 Å². The van der Waals surface area contributed by atoms with Crippen LogP contribution < -0.4 is 21.7 Å². The summed E-state index contributed by atoms with van der Waals surface area (Å²) in [6, 6.07) is 7.01. The largest absolute Gasteiger partial charge is 0.365 e. The summed E-state index contributed by atoms with van der Waals surface area (Å²) in [5.41, 5.74) is 6.75. The second-order valence-electron chi connectivity index (χ2n) is 6.65. The quantitative estimate of drug-likeness (QED) is 0.552. The fourth-order valence-corrected chi connectivity index (χ4v) is 3.00. The van der Waals surface area contributed by atoms with Crippen molar-refractivity contribution in [2.45, 2.75) is 19.8 Å². The van der Waals surface area contributed by atoms with Gasteiger partial charge >= 0.3 is 0 Å². The van der Waals surface area contributed by atoms with Crippen LogP contribution in [-0.2, 0) is 9.59 Å². The molecule has 0 saturated carbocycles. The average Bonchev–Trinajstić information content (AvgIpc) is 3.20. The summed E-state index contributed by atoms with van der Waals surface area (Å²) in [5.74, 6) is -0.542. The summed E-state index contributed by atoms with van der Waals surface area (Å²) < 4.78 is 0. The van der Waals surface area contributed by atoms with E-state index in [9.17, 15) is 14.4 Å². The summed E-state index contributed by atoms with van der Waals surface area (Å²) in [5, 5.41) is 8.59. The predicted molar refractivity (Wildman–Crippen MR) is 109 cm³/mol. The zero-order valence-corrected chi connectivity index (χ0v) is 16.1. The SMILES string of the molecule is CC(=O)Nc1cccc(Nc2ncc(C(N)=O)c(NCC(=O)N3CCCC3)n2)c1. The van der Waals surface area contributed by atoms with Crippen LogP contribution in [0.4, 0.5) is 23.1 Å². The molecule has 1 aliphatic heterocycles. The van der Waals surface area contributed by atoms with Crippen LogP contribution in [0.1, 0.15) is 30.1 Å². The summed E-state index contributed by atoms with van der Waals surface area (Å²) >= 11 is 0. The zero-order chi connectivity index (χ0) is 20.8. The Morgan fingerprint density at radius 3 is 2.59 bits per heavy atom. The molecular formula is C19H23N7O3. The number of hydrogen-bond donors (Lipinski definition) is 4. The van der Waals surface area contributed by atoms with Crippen molar-refractivity contribution in [1.82, 2.24) is 14.9 Å². The van der Waals surface area contributed by atoms with Crippen molar-refractivity contribution in [3.63, 3.8) is 0 Å². The average molecular weight is 397 g/mol. The Labute approximate surface area is 167 Å². The van der Waals surface area contributed by atoms with Crippen molar-refractivity contribution in [3.05, 3.63) is 36.0 Å². The number of aromatic nitrogens is 2. The van der Waals surface area contributed by atoms with Crippen molar-refractivity contribution >= 4 is 40.9 Å². The van der Waals surface area contributed by atoms with E-state index in [4.69, 9.17) is 5.73 Å². The number of rotatable bonds is 7. The van der Waals surface area contributed by atoms with Crippen LogP contribution in [0.3, 0.4) is 0 Å². The summed E-state index contributed by atoms with van der Waals surface area (Å²) in [7, 11) is 0. The van der Waals surface area contributed by atoms with Gasteiger partial charge < -0.3 is 26.6 Å². The maximum atomic E-state index is 12.3. The lowest BCUT2D eigenvalue weighted by Crippen LogP contribution is -2.33. The smallest absolute Gasteiger partial charge is 0.254 e. The molecule has 3 rings (SSSR count). The van der Waals surface area contributed by atoms with Crippen LogP contribution in [-0.4, -0.2) is 52.2 Å². The number of nitrogens with two attached hydrogens (primary N) is 1. The highest BCUT2D eigenvalue weighted by Gasteiger charge is 2.19. The highest BCUT2D eigenvalue weighted by molar-refractivity contribution is 5.98. The molecule has 0 atom stereocenters. The van der Waals surface area contributed by atoms with Crippen molar-refractivity contribution in [1.29, 1.82) is 0 Å². The van der Waals surface area contributed by atoms with E-state index in [2.05, 4.69) is 25.9 Å². The number of amides is 3. The lowest BCUT2D eigenvalue weighted by Gasteiger charge is -2.16. The van der Waals surface area contributed by atoms with Gasteiger partial charge in [0.15, 0.2) is 0 Å². The zero-order valence-electron chi connectivity index (χ0n) is 16.1. The van der Waals surface area contributed by atoms with E-state index < -0.39 is 5.91 Å². The maximum absolute atomic E-state index is 12.3. The molecule has 1 aliphatic rings. The number of nitrogens with one attached hydrogen (secondary N) is 3. The van der Waals surface area contributed by atoms with E-state index >= 15 is 0 Å². The molecule has 1 aromatic carbocycles. The number of carbonyl (C=O) groups excluding carboxylic acids is 3. The monoisotopic (exact) mass is 397 g/mol. The highest BCUT2D eigenvalue weighted by atomic mass is 16.2. The molecule has 10 heteroatoms. The first-order valence-corrected chi connectivity index (χ1v) is 9.25. The number of likely N-dealkylation sites (tertiary alicyclic amines) is 1. The van der Waals surface area contributed by atoms with Gasteiger partial charge in [-0.15, -0.1) is 0 Å². The van der Waals surface area contributed by atoms with E-state index in [-0.39, 0.29) is 35.7 Å². The van der Waals surface area contributed by atoms with Gasteiger partial charge in [0.2, 0.25) is 17.8 Å². The fourth-order valence-electron chi connectivity index (χ4n) is 3.00. The Kier molecular flexibility index (Phi) is 6.22. The second kappa shape index (κ2) is 9.00. The van der Waals surface area contributed by atoms with Crippen LogP contribution in [0, 0.1) is 0 Å². The Morgan fingerprint density at radius 2 is 1.90 bits per heavy atom. The predicted octanol–water partition coefficient (Wildman–Crippen LogP) is 1.31. The van der Waals surface area contributed by atoms with Crippen molar-refractivity contribution in [2.75, 3.05) is 35.6 Å². The van der Waals surface area contributed by atoms with Crippen molar-refractivity contribution in [3.8, 4) is 0 Å². The number of hydrogen-bond acceptors (Lipinski definition) is 7. The topological polar surface area (TPSA) is 142 Å². The highest BCUT2D eigenvalue weighted by Crippen LogP contribution is 2.20. The molecule has 3 amide bonds. The third kappa shape index (κ3) is 5.41. The third-order valence-electron chi connectivity index (χ3n) is 4.36.